The van der Waals surface area contributed by atoms with Gasteiger partial charge in [0.2, 0.25) is 0 Å². The van der Waals surface area contributed by atoms with Crippen molar-refractivity contribution in [3.8, 4) is 22.3 Å². The van der Waals surface area contributed by atoms with Gasteiger partial charge in [-0.05, 0) is 70.0 Å². The standard InChI is InChI=1S/C26H28/c1-4-20-7-5-6-8-25(20)22-11-9-21(10-12-22)23-13-14-24-16-18(2)15-19(3)26(24)17-23/h5-14,17-19H,4,15-16H2,1-3H3. The zero-order valence-corrected chi connectivity index (χ0v) is 16.1. The van der Waals surface area contributed by atoms with Gasteiger partial charge in [0.1, 0.15) is 0 Å². The van der Waals surface area contributed by atoms with Crippen molar-refractivity contribution in [1.82, 2.24) is 0 Å². The van der Waals surface area contributed by atoms with Gasteiger partial charge < -0.3 is 0 Å². The summed E-state index contributed by atoms with van der Waals surface area (Å²) in [5, 5.41) is 0. The first-order valence-electron chi connectivity index (χ1n) is 9.97. The Hall–Kier alpha value is -2.34. The van der Waals surface area contributed by atoms with Gasteiger partial charge in [-0.2, -0.15) is 0 Å². The maximum atomic E-state index is 2.43. The van der Waals surface area contributed by atoms with Crippen molar-refractivity contribution >= 4 is 0 Å². The topological polar surface area (TPSA) is 0 Å². The molecule has 0 bridgehead atoms. The van der Waals surface area contributed by atoms with Crippen LogP contribution in [0.3, 0.4) is 0 Å². The van der Waals surface area contributed by atoms with Crippen molar-refractivity contribution < 1.29 is 0 Å². The molecule has 1 aliphatic carbocycles. The number of rotatable bonds is 3. The zero-order chi connectivity index (χ0) is 18.1. The molecule has 0 fully saturated rings. The van der Waals surface area contributed by atoms with Crippen molar-refractivity contribution in [1.29, 1.82) is 0 Å². The second-order valence-corrected chi connectivity index (χ2v) is 7.95. The molecule has 0 heteroatoms. The van der Waals surface area contributed by atoms with Gasteiger partial charge in [0.15, 0.2) is 0 Å². The van der Waals surface area contributed by atoms with Crippen LogP contribution in [0.25, 0.3) is 22.3 Å². The van der Waals surface area contributed by atoms with Crippen LogP contribution in [0.1, 0.15) is 49.8 Å². The Bertz CT molecular complexity index is 902. The molecule has 3 aromatic rings. The predicted octanol–water partition coefficient (Wildman–Crippen LogP) is 7.27. The molecule has 0 aromatic heterocycles. The Morgan fingerprint density at radius 1 is 0.808 bits per heavy atom. The summed E-state index contributed by atoms with van der Waals surface area (Å²) in [6.07, 6.45) is 3.61. The van der Waals surface area contributed by atoms with E-state index < -0.39 is 0 Å². The Labute approximate surface area is 157 Å². The molecular weight excluding hydrogens is 312 g/mol. The van der Waals surface area contributed by atoms with E-state index in [0.717, 1.165) is 12.3 Å². The van der Waals surface area contributed by atoms with Crippen molar-refractivity contribution in [2.45, 2.75) is 46.0 Å². The first-order valence-corrected chi connectivity index (χ1v) is 9.97. The molecule has 0 saturated heterocycles. The molecule has 0 spiro atoms. The number of benzene rings is 3. The molecule has 4 rings (SSSR count). The van der Waals surface area contributed by atoms with Crippen LogP contribution in [0.2, 0.25) is 0 Å². The van der Waals surface area contributed by atoms with Crippen molar-refractivity contribution in [2.75, 3.05) is 0 Å². The maximum Gasteiger partial charge on any atom is -0.0152 e. The minimum absolute atomic E-state index is 0.671. The monoisotopic (exact) mass is 340 g/mol. The van der Waals surface area contributed by atoms with E-state index in [1.807, 2.05) is 0 Å². The SMILES string of the molecule is CCc1ccccc1-c1ccc(-c2ccc3c(c2)C(C)CC(C)C3)cc1. The van der Waals surface area contributed by atoms with E-state index in [0.29, 0.717) is 5.92 Å². The molecule has 0 amide bonds. The zero-order valence-electron chi connectivity index (χ0n) is 16.1. The lowest BCUT2D eigenvalue weighted by Gasteiger charge is -2.27. The van der Waals surface area contributed by atoms with Gasteiger partial charge in [0.25, 0.3) is 0 Å². The third kappa shape index (κ3) is 3.21. The number of aryl methyl sites for hydroxylation is 1. The molecular formula is C26H28. The highest BCUT2D eigenvalue weighted by Crippen LogP contribution is 2.37. The van der Waals surface area contributed by atoms with Gasteiger partial charge in [-0.3, -0.25) is 0 Å². The van der Waals surface area contributed by atoms with Crippen LogP contribution in [-0.4, -0.2) is 0 Å². The van der Waals surface area contributed by atoms with E-state index in [1.54, 1.807) is 11.1 Å². The smallest absolute Gasteiger partial charge is 0.0152 e. The normalized spacial score (nSPS) is 19.2. The van der Waals surface area contributed by atoms with Crippen LogP contribution in [0.5, 0.6) is 0 Å². The maximum absolute atomic E-state index is 2.43. The molecule has 1 aliphatic rings. The lowest BCUT2D eigenvalue weighted by Crippen LogP contribution is -2.14. The van der Waals surface area contributed by atoms with Gasteiger partial charge in [0.05, 0.1) is 0 Å². The second kappa shape index (κ2) is 7.11. The Morgan fingerprint density at radius 3 is 2.27 bits per heavy atom. The fourth-order valence-electron chi connectivity index (χ4n) is 4.56. The lowest BCUT2D eigenvalue weighted by molar-refractivity contribution is 0.450. The minimum Gasteiger partial charge on any atom is -0.0622 e. The van der Waals surface area contributed by atoms with Gasteiger partial charge in [-0.1, -0.05) is 87.5 Å². The quantitative estimate of drug-likeness (QED) is 0.470. The molecule has 0 N–H and O–H groups in total. The van der Waals surface area contributed by atoms with Crippen LogP contribution >= 0.6 is 0 Å². The molecule has 0 radical (unpaired) electrons. The van der Waals surface area contributed by atoms with Crippen LogP contribution < -0.4 is 0 Å². The fourth-order valence-corrected chi connectivity index (χ4v) is 4.56. The molecule has 0 aliphatic heterocycles. The van der Waals surface area contributed by atoms with Crippen LogP contribution in [0, 0.1) is 5.92 Å². The Kier molecular flexibility index (Phi) is 4.68. The largest absolute Gasteiger partial charge is 0.0622 e. The van der Waals surface area contributed by atoms with E-state index >= 15 is 0 Å². The minimum atomic E-state index is 0.671. The molecule has 0 heterocycles. The highest BCUT2D eigenvalue weighted by Gasteiger charge is 2.21. The van der Waals surface area contributed by atoms with E-state index in [4.69, 9.17) is 0 Å². The number of fused-ring (bicyclic) bond motifs is 1. The molecule has 3 aromatic carbocycles. The van der Waals surface area contributed by atoms with Crippen molar-refractivity contribution in [3.05, 3.63) is 83.4 Å². The van der Waals surface area contributed by atoms with Crippen LogP contribution in [0.4, 0.5) is 0 Å². The highest BCUT2D eigenvalue weighted by atomic mass is 14.3. The molecule has 0 saturated carbocycles. The molecule has 132 valence electrons. The van der Waals surface area contributed by atoms with E-state index in [9.17, 15) is 0 Å². The summed E-state index contributed by atoms with van der Waals surface area (Å²) in [4.78, 5) is 0. The molecule has 0 nitrogen and oxygen atoms in total. The molecule has 2 unspecified atom stereocenters. The number of hydrogen-bond acceptors (Lipinski definition) is 0. The molecule has 2 atom stereocenters. The summed E-state index contributed by atoms with van der Waals surface area (Å²) in [7, 11) is 0. The predicted molar refractivity (Wildman–Crippen MR) is 113 cm³/mol. The first-order chi connectivity index (χ1) is 12.7. The summed E-state index contributed by atoms with van der Waals surface area (Å²) >= 11 is 0. The first kappa shape index (κ1) is 17.1. The fraction of sp³-hybridized carbons (Fsp3) is 0.308. The Balaban J connectivity index is 1.67. The van der Waals surface area contributed by atoms with Crippen molar-refractivity contribution in [3.63, 3.8) is 0 Å². The lowest BCUT2D eigenvalue weighted by atomic mass is 9.77. The second-order valence-electron chi connectivity index (χ2n) is 7.95. The van der Waals surface area contributed by atoms with E-state index in [2.05, 4.69) is 87.5 Å². The van der Waals surface area contributed by atoms with Crippen molar-refractivity contribution in [2.24, 2.45) is 5.92 Å². The summed E-state index contributed by atoms with van der Waals surface area (Å²) in [6.45, 7) is 6.98. The third-order valence-electron chi connectivity index (χ3n) is 5.93. The molecule has 26 heavy (non-hydrogen) atoms. The van der Waals surface area contributed by atoms with Crippen LogP contribution in [0.15, 0.2) is 66.7 Å². The van der Waals surface area contributed by atoms with Crippen LogP contribution in [-0.2, 0) is 12.8 Å². The third-order valence-corrected chi connectivity index (χ3v) is 5.93. The van der Waals surface area contributed by atoms with Gasteiger partial charge in [0, 0.05) is 0 Å². The average molecular weight is 341 g/mol. The summed E-state index contributed by atoms with van der Waals surface area (Å²) in [5.41, 5.74) is 9.85. The van der Waals surface area contributed by atoms with Gasteiger partial charge in [-0.15, -0.1) is 0 Å². The van der Waals surface area contributed by atoms with E-state index in [1.165, 1.54) is 40.7 Å². The summed E-state index contributed by atoms with van der Waals surface area (Å²) in [6, 6.07) is 24.9. The Morgan fingerprint density at radius 2 is 1.50 bits per heavy atom. The summed E-state index contributed by atoms with van der Waals surface area (Å²) in [5.74, 6) is 1.48. The van der Waals surface area contributed by atoms with Gasteiger partial charge >= 0.3 is 0 Å². The van der Waals surface area contributed by atoms with Gasteiger partial charge in [-0.25, -0.2) is 0 Å². The highest BCUT2D eigenvalue weighted by molar-refractivity contribution is 5.73. The summed E-state index contributed by atoms with van der Waals surface area (Å²) < 4.78 is 0. The average Bonchev–Trinajstić information content (AvgIpc) is 2.68. The van der Waals surface area contributed by atoms with E-state index in [-0.39, 0.29) is 0 Å². The number of hydrogen-bond donors (Lipinski definition) is 0.